The molecule has 0 unspecified atom stereocenters. The molecule has 0 aromatic carbocycles. The first kappa shape index (κ1) is 12.9. The van der Waals surface area contributed by atoms with E-state index in [4.69, 9.17) is 21.7 Å². The number of carbonyl (C=O) groups is 1. The number of nitrogens with one attached hydrogen (secondary N) is 1. The SMILES string of the molecule is C#CCCC(=O)NC(CO)(CO)CO. The number of hydrogen-bond donors (Lipinski definition) is 4. The van der Waals surface area contributed by atoms with Crippen LogP contribution >= 0.6 is 0 Å². The van der Waals surface area contributed by atoms with Crippen molar-refractivity contribution in [2.75, 3.05) is 19.8 Å². The summed E-state index contributed by atoms with van der Waals surface area (Å²) in [5.41, 5.74) is -1.36. The summed E-state index contributed by atoms with van der Waals surface area (Å²) in [7, 11) is 0. The molecule has 0 aliphatic rings. The Labute approximate surface area is 82.8 Å². The van der Waals surface area contributed by atoms with Gasteiger partial charge in [0.2, 0.25) is 5.91 Å². The minimum Gasteiger partial charge on any atom is -0.394 e. The molecule has 0 atom stereocenters. The maximum absolute atomic E-state index is 11.2. The highest BCUT2D eigenvalue weighted by Crippen LogP contribution is 2.02. The zero-order valence-electron chi connectivity index (χ0n) is 7.86. The van der Waals surface area contributed by atoms with Gasteiger partial charge in [-0.3, -0.25) is 4.79 Å². The fourth-order valence-corrected chi connectivity index (χ4v) is 0.813. The normalized spacial score (nSPS) is 10.7. The molecule has 0 heterocycles. The summed E-state index contributed by atoms with van der Waals surface area (Å²) >= 11 is 0. The zero-order chi connectivity index (χ0) is 11.0. The maximum Gasteiger partial charge on any atom is 0.221 e. The molecule has 0 aliphatic carbocycles. The molecule has 4 N–H and O–H groups in total. The van der Waals surface area contributed by atoms with Gasteiger partial charge in [0, 0.05) is 12.8 Å². The Bertz CT molecular complexity index is 209. The highest BCUT2D eigenvalue weighted by atomic mass is 16.3. The van der Waals surface area contributed by atoms with Crippen molar-refractivity contribution < 1.29 is 20.1 Å². The summed E-state index contributed by atoms with van der Waals surface area (Å²) in [4.78, 5) is 11.2. The molecule has 0 fully saturated rings. The Hall–Kier alpha value is -1.09. The minimum absolute atomic E-state index is 0.109. The zero-order valence-corrected chi connectivity index (χ0v) is 7.86. The topological polar surface area (TPSA) is 89.8 Å². The molecular formula is C9H15NO4. The van der Waals surface area contributed by atoms with E-state index < -0.39 is 31.3 Å². The van der Waals surface area contributed by atoms with E-state index in [1.807, 2.05) is 0 Å². The van der Waals surface area contributed by atoms with Gasteiger partial charge in [0.1, 0.15) is 5.54 Å². The van der Waals surface area contributed by atoms with Crippen LogP contribution in [0.25, 0.3) is 0 Å². The number of aliphatic hydroxyl groups excluding tert-OH is 3. The number of aliphatic hydroxyl groups is 3. The number of rotatable bonds is 6. The van der Waals surface area contributed by atoms with E-state index in [-0.39, 0.29) is 12.8 Å². The van der Waals surface area contributed by atoms with Crippen LogP contribution < -0.4 is 5.32 Å². The van der Waals surface area contributed by atoms with Crippen LogP contribution in [0.4, 0.5) is 0 Å². The number of amides is 1. The van der Waals surface area contributed by atoms with Gasteiger partial charge in [-0.05, 0) is 0 Å². The molecule has 1 amide bonds. The summed E-state index contributed by atoms with van der Waals surface area (Å²) in [6.45, 7) is -1.58. The van der Waals surface area contributed by atoms with Gasteiger partial charge in [-0.25, -0.2) is 0 Å². The number of hydrogen-bond acceptors (Lipinski definition) is 4. The monoisotopic (exact) mass is 201 g/mol. The van der Waals surface area contributed by atoms with Gasteiger partial charge in [-0.15, -0.1) is 12.3 Å². The van der Waals surface area contributed by atoms with Crippen molar-refractivity contribution in [3.63, 3.8) is 0 Å². The largest absolute Gasteiger partial charge is 0.394 e. The van der Waals surface area contributed by atoms with E-state index in [0.717, 1.165) is 0 Å². The Morgan fingerprint density at radius 1 is 1.29 bits per heavy atom. The molecule has 14 heavy (non-hydrogen) atoms. The third-order valence-electron chi connectivity index (χ3n) is 1.81. The second-order valence-corrected chi connectivity index (χ2v) is 3.01. The lowest BCUT2D eigenvalue weighted by Gasteiger charge is -2.28. The molecule has 0 saturated heterocycles. The molecule has 80 valence electrons. The predicted molar refractivity (Wildman–Crippen MR) is 50.2 cm³/mol. The molecule has 0 bridgehead atoms. The average molecular weight is 201 g/mol. The molecule has 5 heteroatoms. The summed E-state index contributed by atoms with van der Waals surface area (Å²) in [5, 5.41) is 29.0. The molecule has 0 aromatic heterocycles. The third-order valence-corrected chi connectivity index (χ3v) is 1.81. The minimum atomic E-state index is -1.36. The van der Waals surface area contributed by atoms with E-state index in [0.29, 0.717) is 0 Å². The number of terminal acetylenes is 1. The Kier molecular flexibility index (Phi) is 5.88. The lowest BCUT2D eigenvalue weighted by molar-refractivity contribution is -0.125. The summed E-state index contributed by atoms with van der Waals surface area (Å²) < 4.78 is 0. The van der Waals surface area contributed by atoms with Crippen LogP contribution in [0.5, 0.6) is 0 Å². The van der Waals surface area contributed by atoms with Crippen LogP contribution in [0.3, 0.4) is 0 Å². The molecule has 0 radical (unpaired) electrons. The second kappa shape index (κ2) is 6.38. The Morgan fingerprint density at radius 3 is 2.14 bits per heavy atom. The van der Waals surface area contributed by atoms with Crippen molar-refractivity contribution in [3.8, 4) is 12.3 Å². The van der Waals surface area contributed by atoms with Crippen molar-refractivity contribution in [3.05, 3.63) is 0 Å². The Morgan fingerprint density at radius 2 is 1.79 bits per heavy atom. The third kappa shape index (κ3) is 3.75. The van der Waals surface area contributed by atoms with Gasteiger partial charge in [0.25, 0.3) is 0 Å². The van der Waals surface area contributed by atoms with Gasteiger partial charge in [0.15, 0.2) is 0 Å². The van der Waals surface area contributed by atoms with Gasteiger partial charge in [0.05, 0.1) is 19.8 Å². The molecule has 0 spiro atoms. The fraction of sp³-hybridized carbons (Fsp3) is 0.667. The standard InChI is InChI=1S/C9H15NO4/c1-2-3-4-8(14)10-9(5-11,6-12)7-13/h1,11-13H,3-7H2,(H,10,14). The van der Waals surface area contributed by atoms with Crippen LogP contribution in [0.15, 0.2) is 0 Å². The first-order valence-electron chi connectivity index (χ1n) is 4.21. The van der Waals surface area contributed by atoms with E-state index in [1.165, 1.54) is 0 Å². The van der Waals surface area contributed by atoms with E-state index >= 15 is 0 Å². The van der Waals surface area contributed by atoms with Crippen molar-refractivity contribution in [2.24, 2.45) is 0 Å². The Balaban J connectivity index is 4.17. The first-order valence-corrected chi connectivity index (χ1v) is 4.21. The van der Waals surface area contributed by atoms with Crippen LogP contribution in [0, 0.1) is 12.3 Å². The molecular weight excluding hydrogens is 186 g/mol. The fourth-order valence-electron chi connectivity index (χ4n) is 0.813. The van der Waals surface area contributed by atoms with E-state index in [9.17, 15) is 4.79 Å². The summed E-state index contributed by atoms with van der Waals surface area (Å²) in [6, 6.07) is 0. The molecule has 0 saturated carbocycles. The van der Waals surface area contributed by atoms with Crippen LogP contribution in [0.1, 0.15) is 12.8 Å². The van der Waals surface area contributed by atoms with Crippen LogP contribution in [0.2, 0.25) is 0 Å². The van der Waals surface area contributed by atoms with Crippen molar-refractivity contribution in [2.45, 2.75) is 18.4 Å². The lowest BCUT2D eigenvalue weighted by atomic mass is 10.0. The van der Waals surface area contributed by atoms with Crippen molar-refractivity contribution in [1.29, 1.82) is 0 Å². The van der Waals surface area contributed by atoms with Crippen molar-refractivity contribution >= 4 is 5.91 Å². The van der Waals surface area contributed by atoms with E-state index in [1.54, 1.807) is 0 Å². The van der Waals surface area contributed by atoms with Gasteiger partial charge in [-0.1, -0.05) is 0 Å². The van der Waals surface area contributed by atoms with Gasteiger partial charge >= 0.3 is 0 Å². The molecule has 0 aliphatic heterocycles. The van der Waals surface area contributed by atoms with Gasteiger partial charge < -0.3 is 20.6 Å². The lowest BCUT2D eigenvalue weighted by Crippen LogP contribution is -2.56. The van der Waals surface area contributed by atoms with Crippen LogP contribution in [-0.4, -0.2) is 46.6 Å². The summed E-state index contributed by atoms with van der Waals surface area (Å²) in [5.74, 6) is 1.89. The maximum atomic E-state index is 11.2. The van der Waals surface area contributed by atoms with Crippen LogP contribution in [-0.2, 0) is 4.79 Å². The van der Waals surface area contributed by atoms with Crippen molar-refractivity contribution in [1.82, 2.24) is 5.32 Å². The smallest absolute Gasteiger partial charge is 0.221 e. The molecule has 0 rings (SSSR count). The quantitative estimate of drug-likeness (QED) is 0.383. The average Bonchev–Trinajstić information content (AvgIpc) is 2.23. The highest BCUT2D eigenvalue weighted by Gasteiger charge is 2.29. The first-order chi connectivity index (χ1) is 6.64. The molecule has 0 aromatic rings. The second-order valence-electron chi connectivity index (χ2n) is 3.01. The summed E-state index contributed by atoms with van der Waals surface area (Å²) in [6.07, 6.45) is 5.35. The number of carbonyl (C=O) groups excluding carboxylic acids is 1. The highest BCUT2D eigenvalue weighted by molar-refractivity contribution is 5.77. The predicted octanol–water partition coefficient (Wildman–Crippen LogP) is -1.77. The van der Waals surface area contributed by atoms with E-state index in [2.05, 4.69) is 11.2 Å². The van der Waals surface area contributed by atoms with Gasteiger partial charge in [-0.2, -0.15) is 0 Å². The molecule has 5 nitrogen and oxygen atoms in total.